The zero-order chi connectivity index (χ0) is 11.1. The lowest BCUT2D eigenvalue weighted by Gasteiger charge is -2.08. The van der Waals surface area contributed by atoms with Crippen LogP contribution in [0.1, 0.15) is 25.8 Å². The molecule has 0 bridgehead atoms. The molecule has 0 spiro atoms. The topological polar surface area (TPSA) is 26.0 Å². The first-order valence-electron chi connectivity index (χ1n) is 5.68. The number of rotatable bonds is 6. The van der Waals surface area contributed by atoms with Gasteiger partial charge in [0.25, 0.3) is 0 Å². The van der Waals surface area contributed by atoms with Crippen molar-refractivity contribution in [1.82, 2.24) is 0 Å². The zero-order valence-corrected chi connectivity index (χ0v) is 10.5. The van der Waals surface area contributed by atoms with Gasteiger partial charge in [-0.25, -0.2) is 0 Å². The molecule has 0 saturated heterocycles. The molecule has 0 aliphatic rings. The van der Waals surface area contributed by atoms with Crippen LogP contribution in [-0.2, 0) is 6.42 Å². The largest absolute Gasteiger partial charge is 0.330 e. The molecule has 1 unspecified atom stereocenters. The SMILES string of the molecule is CCSc1ccc(CCC(C)CN)cc1. The van der Waals surface area contributed by atoms with Gasteiger partial charge in [0.1, 0.15) is 0 Å². The second kappa shape index (κ2) is 6.91. The van der Waals surface area contributed by atoms with Crippen molar-refractivity contribution in [3.63, 3.8) is 0 Å². The number of thioether (sulfide) groups is 1. The molecule has 0 aliphatic heterocycles. The van der Waals surface area contributed by atoms with E-state index in [0.717, 1.165) is 18.7 Å². The Hall–Kier alpha value is -0.470. The van der Waals surface area contributed by atoms with E-state index < -0.39 is 0 Å². The summed E-state index contributed by atoms with van der Waals surface area (Å²) in [6, 6.07) is 8.91. The second-order valence-electron chi connectivity index (χ2n) is 3.96. The number of aryl methyl sites for hydroxylation is 1. The van der Waals surface area contributed by atoms with Crippen LogP contribution in [0, 0.1) is 5.92 Å². The first-order chi connectivity index (χ1) is 7.26. The van der Waals surface area contributed by atoms with Gasteiger partial charge in [0.15, 0.2) is 0 Å². The van der Waals surface area contributed by atoms with Crippen LogP contribution in [0.25, 0.3) is 0 Å². The van der Waals surface area contributed by atoms with E-state index >= 15 is 0 Å². The Morgan fingerprint density at radius 3 is 2.47 bits per heavy atom. The second-order valence-corrected chi connectivity index (χ2v) is 5.29. The lowest BCUT2D eigenvalue weighted by Crippen LogP contribution is -2.11. The highest BCUT2D eigenvalue weighted by Gasteiger charge is 2.00. The van der Waals surface area contributed by atoms with E-state index in [1.165, 1.54) is 16.9 Å². The highest BCUT2D eigenvalue weighted by Crippen LogP contribution is 2.18. The monoisotopic (exact) mass is 223 g/mol. The number of hydrogen-bond donors (Lipinski definition) is 1. The summed E-state index contributed by atoms with van der Waals surface area (Å²) < 4.78 is 0. The molecule has 0 amide bonds. The first-order valence-corrected chi connectivity index (χ1v) is 6.66. The molecule has 0 radical (unpaired) electrons. The van der Waals surface area contributed by atoms with Gasteiger partial charge in [0.2, 0.25) is 0 Å². The van der Waals surface area contributed by atoms with Gasteiger partial charge in [0.05, 0.1) is 0 Å². The normalized spacial score (nSPS) is 12.7. The molecule has 15 heavy (non-hydrogen) atoms. The van der Waals surface area contributed by atoms with E-state index in [-0.39, 0.29) is 0 Å². The standard InChI is InChI=1S/C13H21NS/c1-3-15-13-8-6-12(7-9-13)5-4-11(2)10-14/h6-9,11H,3-5,10,14H2,1-2H3. The zero-order valence-electron chi connectivity index (χ0n) is 9.70. The van der Waals surface area contributed by atoms with Gasteiger partial charge in [0, 0.05) is 4.90 Å². The van der Waals surface area contributed by atoms with E-state index in [9.17, 15) is 0 Å². The van der Waals surface area contributed by atoms with Gasteiger partial charge in [-0.05, 0) is 48.8 Å². The Morgan fingerprint density at radius 2 is 1.93 bits per heavy atom. The van der Waals surface area contributed by atoms with E-state index in [4.69, 9.17) is 5.73 Å². The van der Waals surface area contributed by atoms with Crippen molar-refractivity contribution in [1.29, 1.82) is 0 Å². The maximum Gasteiger partial charge on any atom is 0.00720 e. The summed E-state index contributed by atoms with van der Waals surface area (Å²) in [5.41, 5.74) is 7.02. The lowest BCUT2D eigenvalue weighted by molar-refractivity contribution is 0.544. The van der Waals surface area contributed by atoms with Crippen molar-refractivity contribution in [3.05, 3.63) is 29.8 Å². The molecule has 0 aromatic heterocycles. The van der Waals surface area contributed by atoms with Crippen molar-refractivity contribution < 1.29 is 0 Å². The summed E-state index contributed by atoms with van der Waals surface area (Å²) in [5, 5.41) is 0. The Kier molecular flexibility index (Phi) is 5.81. The molecule has 0 aliphatic carbocycles. The molecule has 1 nitrogen and oxygen atoms in total. The van der Waals surface area contributed by atoms with Crippen LogP contribution in [-0.4, -0.2) is 12.3 Å². The molecule has 0 saturated carbocycles. The van der Waals surface area contributed by atoms with Gasteiger partial charge < -0.3 is 5.73 Å². The summed E-state index contributed by atoms with van der Waals surface area (Å²) in [7, 11) is 0. The number of nitrogens with two attached hydrogens (primary N) is 1. The minimum Gasteiger partial charge on any atom is -0.330 e. The molecule has 1 rings (SSSR count). The summed E-state index contributed by atoms with van der Waals surface area (Å²) >= 11 is 1.89. The van der Waals surface area contributed by atoms with Crippen LogP contribution in [0.15, 0.2) is 29.2 Å². The van der Waals surface area contributed by atoms with Gasteiger partial charge >= 0.3 is 0 Å². The average Bonchev–Trinajstić information content (AvgIpc) is 2.28. The average molecular weight is 223 g/mol. The minimum absolute atomic E-state index is 0.634. The van der Waals surface area contributed by atoms with Gasteiger partial charge in [-0.15, -0.1) is 11.8 Å². The van der Waals surface area contributed by atoms with Gasteiger partial charge in [-0.3, -0.25) is 0 Å². The van der Waals surface area contributed by atoms with Crippen molar-refractivity contribution in [2.45, 2.75) is 31.6 Å². The minimum atomic E-state index is 0.634. The Balaban J connectivity index is 2.42. The maximum absolute atomic E-state index is 5.60. The number of benzene rings is 1. The van der Waals surface area contributed by atoms with Crippen molar-refractivity contribution in [2.24, 2.45) is 11.7 Å². The van der Waals surface area contributed by atoms with Crippen molar-refractivity contribution in [2.75, 3.05) is 12.3 Å². The van der Waals surface area contributed by atoms with Gasteiger partial charge in [-0.1, -0.05) is 26.0 Å². The molecule has 0 fully saturated rings. The molecule has 2 heteroatoms. The predicted octanol–water partition coefficient (Wildman–Crippen LogP) is 3.33. The van der Waals surface area contributed by atoms with E-state index in [0.29, 0.717) is 5.92 Å². The third-order valence-corrected chi connectivity index (χ3v) is 3.46. The maximum atomic E-state index is 5.60. The molecule has 84 valence electrons. The fourth-order valence-electron chi connectivity index (χ4n) is 1.45. The molecular formula is C13H21NS. The summed E-state index contributed by atoms with van der Waals surface area (Å²) in [4.78, 5) is 1.37. The third-order valence-electron chi connectivity index (χ3n) is 2.56. The molecule has 1 aromatic carbocycles. The Bertz CT molecular complexity index is 268. The number of hydrogen-bond acceptors (Lipinski definition) is 2. The van der Waals surface area contributed by atoms with E-state index in [2.05, 4.69) is 38.1 Å². The van der Waals surface area contributed by atoms with Crippen LogP contribution in [0.2, 0.25) is 0 Å². The van der Waals surface area contributed by atoms with E-state index in [1.54, 1.807) is 0 Å². The van der Waals surface area contributed by atoms with Crippen LogP contribution in [0.4, 0.5) is 0 Å². The highest BCUT2D eigenvalue weighted by molar-refractivity contribution is 7.99. The van der Waals surface area contributed by atoms with Crippen LogP contribution in [0.3, 0.4) is 0 Å². The molecule has 1 aromatic rings. The highest BCUT2D eigenvalue weighted by atomic mass is 32.2. The van der Waals surface area contributed by atoms with Crippen LogP contribution < -0.4 is 5.73 Å². The van der Waals surface area contributed by atoms with Crippen molar-refractivity contribution in [3.8, 4) is 0 Å². The molecule has 2 N–H and O–H groups in total. The summed E-state index contributed by atoms with van der Waals surface area (Å²) in [6.45, 7) is 5.19. The van der Waals surface area contributed by atoms with Gasteiger partial charge in [-0.2, -0.15) is 0 Å². The molecule has 1 atom stereocenters. The van der Waals surface area contributed by atoms with Crippen LogP contribution in [0.5, 0.6) is 0 Å². The van der Waals surface area contributed by atoms with Crippen molar-refractivity contribution >= 4 is 11.8 Å². The van der Waals surface area contributed by atoms with Crippen LogP contribution >= 0.6 is 11.8 Å². The Morgan fingerprint density at radius 1 is 1.27 bits per heavy atom. The first kappa shape index (κ1) is 12.6. The Labute approximate surface area is 97.4 Å². The third kappa shape index (κ3) is 4.72. The molecular weight excluding hydrogens is 202 g/mol. The fraction of sp³-hybridized carbons (Fsp3) is 0.538. The smallest absolute Gasteiger partial charge is 0.00720 e. The lowest BCUT2D eigenvalue weighted by atomic mass is 10.0. The summed E-state index contributed by atoms with van der Waals surface area (Å²) in [5.74, 6) is 1.78. The molecule has 0 heterocycles. The fourth-order valence-corrected chi connectivity index (χ4v) is 2.11. The van der Waals surface area contributed by atoms with E-state index in [1.807, 2.05) is 11.8 Å². The quantitative estimate of drug-likeness (QED) is 0.749. The summed E-state index contributed by atoms with van der Waals surface area (Å²) in [6.07, 6.45) is 2.34. The predicted molar refractivity (Wildman–Crippen MR) is 69.4 cm³/mol.